The third kappa shape index (κ3) is 3.11. The van der Waals surface area contributed by atoms with Crippen LogP contribution in [0.5, 0.6) is 0 Å². The van der Waals surface area contributed by atoms with Gasteiger partial charge in [0.15, 0.2) is 0 Å². The Morgan fingerprint density at radius 1 is 1.27 bits per heavy atom. The minimum atomic E-state index is -0.634. The number of halogens is 2. The molecule has 138 valence electrons. The standard InChI is InChI=1S/C18H18ClFN2O4/c19-11-2-4-14(13(20)9-11)21-17(23)15-12(18(24)22-6-8-26-22)3-1-10-5-7-25-16(10)15/h2,4,9-10,16H,1,3,5-8H2,(H,21,23). The molecule has 6 nitrogen and oxygen atoms in total. The summed E-state index contributed by atoms with van der Waals surface area (Å²) in [5.41, 5.74) is 0.687. The second-order valence-electron chi connectivity index (χ2n) is 6.59. The number of hydroxylamine groups is 2. The number of carbonyl (C=O) groups is 2. The van der Waals surface area contributed by atoms with Gasteiger partial charge in [0.1, 0.15) is 5.82 Å². The number of ether oxygens (including phenoxy) is 1. The third-order valence-corrected chi connectivity index (χ3v) is 5.27. The minimum Gasteiger partial charge on any atom is -0.373 e. The number of carbonyl (C=O) groups excluding carboxylic acids is 2. The molecule has 1 N–H and O–H groups in total. The Bertz CT molecular complexity index is 793. The molecule has 4 rings (SSSR count). The van der Waals surface area contributed by atoms with Crippen LogP contribution in [-0.4, -0.2) is 42.7 Å². The van der Waals surface area contributed by atoms with Crippen molar-refractivity contribution in [2.24, 2.45) is 5.92 Å². The quantitative estimate of drug-likeness (QED) is 0.875. The second-order valence-corrected chi connectivity index (χ2v) is 7.03. The fourth-order valence-electron chi connectivity index (χ4n) is 3.65. The Labute approximate surface area is 154 Å². The Morgan fingerprint density at radius 2 is 2.08 bits per heavy atom. The van der Waals surface area contributed by atoms with E-state index >= 15 is 0 Å². The van der Waals surface area contributed by atoms with Gasteiger partial charge in [-0.3, -0.25) is 14.4 Å². The van der Waals surface area contributed by atoms with Crippen LogP contribution >= 0.6 is 11.6 Å². The van der Waals surface area contributed by atoms with Gasteiger partial charge >= 0.3 is 0 Å². The van der Waals surface area contributed by atoms with E-state index in [1.165, 1.54) is 17.2 Å². The van der Waals surface area contributed by atoms with Crippen LogP contribution in [0.2, 0.25) is 5.02 Å². The van der Waals surface area contributed by atoms with Crippen molar-refractivity contribution in [1.82, 2.24) is 5.06 Å². The molecule has 3 aliphatic rings. The van der Waals surface area contributed by atoms with Crippen molar-refractivity contribution in [3.05, 3.63) is 40.2 Å². The van der Waals surface area contributed by atoms with Gasteiger partial charge in [-0.2, -0.15) is 0 Å². The van der Waals surface area contributed by atoms with E-state index in [4.69, 9.17) is 21.2 Å². The smallest absolute Gasteiger partial charge is 0.274 e. The van der Waals surface area contributed by atoms with Crippen LogP contribution in [0.25, 0.3) is 0 Å². The molecule has 2 heterocycles. The van der Waals surface area contributed by atoms with Crippen molar-refractivity contribution in [3.8, 4) is 0 Å². The van der Waals surface area contributed by atoms with Crippen molar-refractivity contribution >= 4 is 29.1 Å². The highest BCUT2D eigenvalue weighted by atomic mass is 35.5. The van der Waals surface area contributed by atoms with Gasteiger partial charge in [-0.15, -0.1) is 0 Å². The fraction of sp³-hybridized carbons (Fsp3) is 0.444. The maximum Gasteiger partial charge on any atom is 0.274 e. The molecule has 2 atom stereocenters. The van der Waals surface area contributed by atoms with Crippen LogP contribution in [0, 0.1) is 11.7 Å². The van der Waals surface area contributed by atoms with Crippen LogP contribution < -0.4 is 5.32 Å². The van der Waals surface area contributed by atoms with Crippen LogP contribution in [0.15, 0.2) is 29.3 Å². The Morgan fingerprint density at radius 3 is 2.77 bits per heavy atom. The zero-order valence-electron chi connectivity index (χ0n) is 14.0. The van der Waals surface area contributed by atoms with E-state index in [2.05, 4.69) is 5.32 Å². The Hall–Kier alpha value is -1.96. The normalized spacial score (nSPS) is 24.9. The Balaban J connectivity index is 1.66. The number of benzene rings is 1. The topological polar surface area (TPSA) is 67.9 Å². The first-order chi connectivity index (χ1) is 12.5. The molecule has 1 aromatic carbocycles. The van der Waals surface area contributed by atoms with E-state index in [9.17, 15) is 14.0 Å². The molecular weight excluding hydrogens is 363 g/mol. The number of hydrogen-bond donors (Lipinski definition) is 1. The van der Waals surface area contributed by atoms with E-state index in [-0.39, 0.29) is 28.1 Å². The summed E-state index contributed by atoms with van der Waals surface area (Å²) >= 11 is 5.75. The van der Waals surface area contributed by atoms with Crippen molar-refractivity contribution in [1.29, 1.82) is 0 Å². The zero-order chi connectivity index (χ0) is 18.3. The lowest BCUT2D eigenvalue weighted by molar-refractivity contribution is -0.236. The number of fused-ring (bicyclic) bond motifs is 1. The van der Waals surface area contributed by atoms with Crippen LogP contribution in [0.4, 0.5) is 10.1 Å². The van der Waals surface area contributed by atoms with Crippen molar-refractivity contribution < 1.29 is 23.6 Å². The molecule has 8 heteroatoms. The van der Waals surface area contributed by atoms with E-state index < -0.39 is 17.8 Å². The predicted octanol–water partition coefficient (Wildman–Crippen LogP) is 2.69. The van der Waals surface area contributed by atoms with Gasteiger partial charge < -0.3 is 10.1 Å². The number of nitrogens with zero attached hydrogens (tertiary/aromatic N) is 1. The molecule has 2 fully saturated rings. The lowest BCUT2D eigenvalue weighted by atomic mass is 9.80. The van der Waals surface area contributed by atoms with Gasteiger partial charge in [0, 0.05) is 17.2 Å². The van der Waals surface area contributed by atoms with E-state index in [0.717, 1.165) is 18.9 Å². The summed E-state index contributed by atoms with van der Waals surface area (Å²) in [6, 6.07) is 4.01. The van der Waals surface area contributed by atoms with E-state index in [1.54, 1.807) is 0 Å². The van der Waals surface area contributed by atoms with Gasteiger partial charge in [0.2, 0.25) is 0 Å². The van der Waals surface area contributed by atoms with Crippen molar-refractivity contribution in [2.75, 3.05) is 25.1 Å². The summed E-state index contributed by atoms with van der Waals surface area (Å²) in [7, 11) is 0. The minimum absolute atomic E-state index is 0.0130. The predicted molar refractivity (Wildman–Crippen MR) is 91.8 cm³/mol. The first-order valence-electron chi connectivity index (χ1n) is 8.60. The van der Waals surface area contributed by atoms with Gasteiger partial charge in [0.25, 0.3) is 11.8 Å². The summed E-state index contributed by atoms with van der Waals surface area (Å²) in [6.45, 7) is 1.53. The summed E-state index contributed by atoms with van der Waals surface area (Å²) in [6.07, 6.45) is 1.67. The largest absolute Gasteiger partial charge is 0.373 e. The molecular formula is C18H18ClFN2O4. The zero-order valence-corrected chi connectivity index (χ0v) is 14.7. The molecule has 0 bridgehead atoms. The lowest BCUT2D eigenvalue weighted by Gasteiger charge is -2.34. The number of nitrogens with one attached hydrogen (secondary N) is 1. The highest BCUT2D eigenvalue weighted by Crippen LogP contribution is 2.39. The number of rotatable bonds is 3. The average molecular weight is 381 g/mol. The van der Waals surface area contributed by atoms with Gasteiger partial charge in [-0.1, -0.05) is 11.6 Å². The van der Waals surface area contributed by atoms with Gasteiger partial charge in [-0.25, -0.2) is 9.45 Å². The maximum atomic E-state index is 14.1. The van der Waals surface area contributed by atoms with Gasteiger partial charge in [0.05, 0.1) is 30.5 Å². The SMILES string of the molecule is O=C(Nc1ccc(Cl)cc1F)C1=C(C(=O)N2CCO2)CCC2CCOC12. The monoisotopic (exact) mass is 380 g/mol. The number of hydrogen-bond acceptors (Lipinski definition) is 4. The molecule has 2 unspecified atom stereocenters. The van der Waals surface area contributed by atoms with Crippen LogP contribution in [-0.2, 0) is 19.2 Å². The summed E-state index contributed by atoms with van der Waals surface area (Å²) in [5, 5.41) is 4.05. The summed E-state index contributed by atoms with van der Waals surface area (Å²) in [4.78, 5) is 30.7. The molecule has 2 saturated heterocycles. The van der Waals surface area contributed by atoms with E-state index in [0.29, 0.717) is 31.8 Å². The first kappa shape index (κ1) is 17.5. The molecule has 0 saturated carbocycles. The molecule has 0 aromatic heterocycles. The van der Waals surface area contributed by atoms with Crippen molar-refractivity contribution in [2.45, 2.75) is 25.4 Å². The summed E-state index contributed by atoms with van der Waals surface area (Å²) in [5.74, 6) is -1.27. The molecule has 2 aliphatic heterocycles. The molecule has 26 heavy (non-hydrogen) atoms. The molecule has 2 amide bonds. The highest BCUT2D eigenvalue weighted by Gasteiger charge is 2.42. The second kappa shape index (κ2) is 6.98. The molecule has 1 aliphatic carbocycles. The molecule has 1 aromatic rings. The summed E-state index contributed by atoms with van der Waals surface area (Å²) < 4.78 is 19.8. The fourth-order valence-corrected chi connectivity index (χ4v) is 3.81. The van der Waals surface area contributed by atoms with Crippen molar-refractivity contribution in [3.63, 3.8) is 0 Å². The molecule has 0 spiro atoms. The molecule has 0 radical (unpaired) electrons. The van der Waals surface area contributed by atoms with Crippen LogP contribution in [0.3, 0.4) is 0 Å². The third-order valence-electron chi connectivity index (χ3n) is 5.04. The number of anilines is 1. The lowest BCUT2D eigenvalue weighted by Crippen LogP contribution is -2.46. The van der Waals surface area contributed by atoms with Gasteiger partial charge in [-0.05, 0) is 43.4 Å². The number of amides is 2. The highest BCUT2D eigenvalue weighted by molar-refractivity contribution is 6.30. The maximum absolute atomic E-state index is 14.1. The van der Waals surface area contributed by atoms with Crippen LogP contribution in [0.1, 0.15) is 19.3 Å². The Kier molecular flexibility index (Phi) is 4.69. The first-order valence-corrected chi connectivity index (χ1v) is 8.98. The average Bonchev–Trinajstić information content (AvgIpc) is 3.03. The van der Waals surface area contributed by atoms with E-state index in [1.807, 2.05) is 0 Å².